The topological polar surface area (TPSA) is 51.5 Å². The highest BCUT2D eigenvalue weighted by atomic mass is 79.9. The lowest BCUT2D eigenvalue weighted by atomic mass is 10.2. The molecule has 2 aromatic carbocycles. The molecule has 0 spiro atoms. The second-order valence-electron chi connectivity index (χ2n) is 5.07. The van der Waals surface area contributed by atoms with Crippen molar-refractivity contribution in [2.75, 3.05) is 12.4 Å². The van der Waals surface area contributed by atoms with E-state index in [-0.39, 0.29) is 0 Å². The Kier molecular flexibility index (Phi) is 3.38. The number of imidazole rings is 1. The van der Waals surface area contributed by atoms with Crippen molar-refractivity contribution in [2.45, 2.75) is 0 Å². The van der Waals surface area contributed by atoms with E-state index in [0.717, 1.165) is 38.3 Å². The average Bonchev–Trinajstić information content (AvgIpc) is 3.07. The number of para-hydroxylation sites is 2. The summed E-state index contributed by atoms with van der Waals surface area (Å²) in [6.07, 6.45) is 3.60. The molecule has 0 bridgehead atoms. The van der Waals surface area contributed by atoms with Crippen molar-refractivity contribution >= 4 is 44.0 Å². The fourth-order valence-corrected chi connectivity index (χ4v) is 2.89. The molecule has 0 unspecified atom stereocenters. The summed E-state index contributed by atoms with van der Waals surface area (Å²) in [6.45, 7) is 0. The standard InChI is InChI=1S/C17H13BrN4O/c1-23-11-6-7-12(18)14(8-11)21-17-16-9-19-10-22(16)15-5-3-2-4-13(15)20-17/h2-10H,1H3,(H,20,21). The quantitative estimate of drug-likeness (QED) is 0.582. The van der Waals surface area contributed by atoms with E-state index in [1.807, 2.05) is 46.9 Å². The molecular weight excluding hydrogens is 356 g/mol. The van der Waals surface area contributed by atoms with Crippen LogP contribution in [0.25, 0.3) is 16.6 Å². The summed E-state index contributed by atoms with van der Waals surface area (Å²) in [6, 6.07) is 13.8. The number of anilines is 2. The third-order valence-electron chi connectivity index (χ3n) is 3.68. The summed E-state index contributed by atoms with van der Waals surface area (Å²) in [7, 11) is 1.65. The van der Waals surface area contributed by atoms with E-state index in [1.165, 1.54) is 0 Å². The molecule has 0 saturated heterocycles. The number of benzene rings is 2. The maximum atomic E-state index is 5.29. The first-order valence-electron chi connectivity index (χ1n) is 7.07. The van der Waals surface area contributed by atoms with E-state index in [9.17, 15) is 0 Å². The minimum atomic E-state index is 0.746. The van der Waals surface area contributed by atoms with Crippen molar-refractivity contribution in [1.29, 1.82) is 0 Å². The van der Waals surface area contributed by atoms with Crippen LogP contribution in [0.1, 0.15) is 0 Å². The van der Waals surface area contributed by atoms with Gasteiger partial charge in [0.2, 0.25) is 0 Å². The number of aromatic nitrogens is 3. The highest BCUT2D eigenvalue weighted by Crippen LogP contribution is 2.31. The second kappa shape index (κ2) is 5.55. The van der Waals surface area contributed by atoms with Crippen LogP contribution < -0.4 is 10.1 Å². The van der Waals surface area contributed by atoms with Crippen LogP contribution in [0, 0.1) is 0 Å². The van der Waals surface area contributed by atoms with Gasteiger partial charge in [-0.1, -0.05) is 12.1 Å². The van der Waals surface area contributed by atoms with Gasteiger partial charge in [0, 0.05) is 10.5 Å². The van der Waals surface area contributed by atoms with Crippen LogP contribution in [0.15, 0.2) is 59.5 Å². The normalized spacial score (nSPS) is 11.0. The number of ether oxygens (including phenoxy) is 1. The van der Waals surface area contributed by atoms with E-state index in [0.29, 0.717) is 0 Å². The molecule has 2 heterocycles. The van der Waals surface area contributed by atoms with Gasteiger partial charge in [-0.05, 0) is 40.2 Å². The molecule has 0 atom stereocenters. The Hall–Kier alpha value is -2.60. The molecule has 0 saturated carbocycles. The summed E-state index contributed by atoms with van der Waals surface area (Å²) < 4.78 is 8.25. The van der Waals surface area contributed by atoms with Crippen molar-refractivity contribution in [3.05, 3.63) is 59.5 Å². The fourth-order valence-electron chi connectivity index (χ4n) is 2.55. The molecule has 4 aromatic rings. The van der Waals surface area contributed by atoms with E-state index >= 15 is 0 Å². The zero-order valence-corrected chi connectivity index (χ0v) is 13.9. The molecule has 2 aromatic heterocycles. The monoisotopic (exact) mass is 368 g/mol. The molecule has 6 heteroatoms. The van der Waals surface area contributed by atoms with Gasteiger partial charge < -0.3 is 10.1 Å². The van der Waals surface area contributed by atoms with Crippen molar-refractivity contribution in [3.63, 3.8) is 0 Å². The van der Waals surface area contributed by atoms with Crippen LogP contribution in [-0.4, -0.2) is 21.5 Å². The summed E-state index contributed by atoms with van der Waals surface area (Å²) in [5, 5.41) is 3.37. The third-order valence-corrected chi connectivity index (χ3v) is 4.37. The number of halogens is 1. The van der Waals surface area contributed by atoms with Gasteiger partial charge in [0.1, 0.15) is 11.3 Å². The number of hydrogen-bond donors (Lipinski definition) is 1. The molecule has 23 heavy (non-hydrogen) atoms. The molecule has 0 radical (unpaired) electrons. The predicted octanol–water partition coefficient (Wildman–Crippen LogP) is 4.40. The zero-order valence-electron chi connectivity index (χ0n) is 12.3. The average molecular weight is 369 g/mol. The second-order valence-corrected chi connectivity index (χ2v) is 5.92. The molecule has 0 fully saturated rings. The maximum Gasteiger partial charge on any atom is 0.157 e. The Labute approximate surface area is 141 Å². The summed E-state index contributed by atoms with van der Waals surface area (Å²) in [5.74, 6) is 1.52. The zero-order chi connectivity index (χ0) is 15.8. The lowest BCUT2D eigenvalue weighted by molar-refractivity contribution is 0.415. The van der Waals surface area contributed by atoms with E-state index in [2.05, 4.69) is 26.2 Å². The van der Waals surface area contributed by atoms with Gasteiger partial charge in [-0.2, -0.15) is 0 Å². The van der Waals surface area contributed by atoms with Crippen molar-refractivity contribution < 1.29 is 4.74 Å². The van der Waals surface area contributed by atoms with Crippen LogP contribution >= 0.6 is 15.9 Å². The highest BCUT2D eigenvalue weighted by molar-refractivity contribution is 9.10. The lowest BCUT2D eigenvalue weighted by Gasteiger charge is -2.12. The lowest BCUT2D eigenvalue weighted by Crippen LogP contribution is -2.00. The van der Waals surface area contributed by atoms with E-state index in [4.69, 9.17) is 9.72 Å². The molecule has 5 nitrogen and oxygen atoms in total. The first kappa shape index (κ1) is 14.0. The summed E-state index contributed by atoms with van der Waals surface area (Å²) >= 11 is 3.55. The molecule has 4 rings (SSSR count). The van der Waals surface area contributed by atoms with Crippen molar-refractivity contribution in [2.24, 2.45) is 0 Å². The minimum Gasteiger partial charge on any atom is -0.497 e. The van der Waals surface area contributed by atoms with Gasteiger partial charge in [0.05, 0.1) is 36.4 Å². The summed E-state index contributed by atoms with van der Waals surface area (Å²) in [4.78, 5) is 8.99. The number of fused-ring (bicyclic) bond motifs is 3. The molecule has 0 aliphatic carbocycles. The Morgan fingerprint density at radius 1 is 1.13 bits per heavy atom. The first-order valence-corrected chi connectivity index (χ1v) is 7.87. The van der Waals surface area contributed by atoms with Crippen LogP contribution in [0.2, 0.25) is 0 Å². The Balaban J connectivity index is 1.89. The largest absolute Gasteiger partial charge is 0.497 e. The molecule has 0 aliphatic rings. The molecule has 0 aliphatic heterocycles. The minimum absolute atomic E-state index is 0.746. The van der Waals surface area contributed by atoms with Gasteiger partial charge in [-0.25, -0.2) is 9.97 Å². The first-order chi connectivity index (χ1) is 11.3. The fraction of sp³-hybridized carbons (Fsp3) is 0.0588. The number of nitrogens with one attached hydrogen (secondary N) is 1. The highest BCUT2D eigenvalue weighted by Gasteiger charge is 2.10. The maximum absolute atomic E-state index is 5.29. The molecular formula is C17H13BrN4O. The molecule has 0 amide bonds. The molecule has 1 N–H and O–H groups in total. The SMILES string of the molecule is COc1ccc(Br)c(Nc2nc3ccccc3n3cncc23)c1. The van der Waals surface area contributed by atoms with Crippen molar-refractivity contribution in [3.8, 4) is 5.75 Å². The number of hydrogen-bond acceptors (Lipinski definition) is 4. The smallest absolute Gasteiger partial charge is 0.157 e. The van der Waals surface area contributed by atoms with Gasteiger partial charge >= 0.3 is 0 Å². The van der Waals surface area contributed by atoms with Gasteiger partial charge in [-0.3, -0.25) is 4.40 Å². The summed E-state index contributed by atoms with van der Waals surface area (Å²) in [5.41, 5.74) is 3.73. The van der Waals surface area contributed by atoms with Crippen LogP contribution in [0.4, 0.5) is 11.5 Å². The number of methoxy groups -OCH3 is 1. The third kappa shape index (κ3) is 2.41. The Bertz CT molecular complexity index is 1010. The van der Waals surface area contributed by atoms with Crippen molar-refractivity contribution in [1.82, 2.24) is 14.4 Å². The van der Waals surface area contributed by atoms with Gasteiger partial charge in [-0.15, -0.1) is 0 Å². The Morgan fingerprint density at radius 2 is 2.00 bits per heavy atom. The van der Waals surface area contributed by atoms with Crippen LogP contribution in [0.3, 0.4) is 0 Å². The van der Waals surface area contributed by atoms with E-state index < -0.39 is 0 Å². The van der Waals surface area contributed by atoms with Crippen LogP contribution in [-0.2, 0) is 0 Å². The number of nitrogens with zero attached hydrogens (tertiary/aromatic N) is 3. The van der Waals surface area contributed by atoms with E-state index in [1.54, 1.807) is 19.6 Å². The van der Waals surface area contributed by atoms with Gasteiger partial charge in [0.25, 0.3) is 0 Å². The van der Waals surface area contributed by atoms with Gasteiger partial charge in [0.15, 0.2) is 5.82 Å². The predicted molar refractivity (Wildman–Crippen MR) is 94.5 cm³/mol. The van der Waals surface area contributed by atoms with Crippen LogP contribution in [0.5, 0.6) is 5.75 Å². The molecule has 114 valence electrons. The number of rotatable bonds is 3. The Morgan fingerprint density at radius 3 is 2.87 bits per heavy atom.